The normalized spacial score (nSPS) is 32.6. The second-order valence-corrected chi connectivity index (χ2v) is 3.02. The van der Waals surface area contributed by atoms with E-state index in [1.807, 2.05) is 0 Å². The van der Waals surface area contributed by atoms with Crippen molar-refractivity contribution >= 4 is 5.78 Å². The number of carbonyl (C=O) groups is 1. The van der Waals surface area contributed by atoms with Crippen molar-refractivity contribution in [3.8, 4) is 0 Å². The number of Topliss-reactive ketones (excluding diaryl/α,β-unsaturated/α-hetero) is 1. The van der Waals surface area contributed by atoms with Gasteiger partial charge in [0.2, 0.25) is 0 Å². The molecule has 0 saturated carbocycles. The first-order valence-electron chi connectivity index (χ1n) is 3.97. The van der Waals surface area contributed by atoms with E-state index >= 15 is 0 Å². The summed E-state index contributed by atoms with van der Waals surface area (Å²) in [4.78, 5) is 11.1. The van der Waals surface area contributed by atoms with E-state index in [9.17, 15) is 4.79 Å². The van der Waals surface area contributed by atoms with Gasteiger partial charge in [-0.3, -0.25) is 4.79 Å². The van der Waals surface area contributed by atoms with Crippen molar-refractivity contribution in [2.45, 2.75) is 38.6 Å². The van der Waals surface area contributed by atoms with Crippen molar-refractivity contribution in [2.75, 3.05) is 6.54 Å². The minimum atomic E-state index is -0.153. The van der Waals surface area contributed by atoms with Gasteiger partial charge in [-0.05, 0) is 32.7 Å². The maximum atomic E-state index is 11.1. The lowest BCUT2D eigenvalue weighted by Crippen LogP contribution is -2.45. The summed E-state index contributed by atoms with van der Waals surface area (Å²) in [6.45, 7) is 4.76. The van der Waals surface area contributed by atoms with E-state index in [0.29, 0.717) is 5.78 Å². The first-order valence-corrected chi connectivity index (χ1v) is 3.97. The standard InChI is InChI=1S/C8H15NO/c1-3-8(7(2)10)5-4-6-9-8/h9H,3-6H2,1-2H3. The molecule has 0 amide bonds. The second kappa shape index (κ2) is 2.70. The van der Waals surface area contributed by atoms with Crippen LogP contribution in [0.3, 0.4) is 0 Å². The molecule has 10 heavy (non-hydrogen) atoms. The molecule has 58 valence electrons. The summed E-state index contributed by atoms with van der Waals surface area (Å²) in [5.74, 6) is 0.299. The SMILES string of the molecule is CCC1(C(C)=O)CCCN1. The highest BCUT2D eigenvalue weighted by Crippen LogP contribution is 2.23. The molecule has 0 spiro atoms. The van der Waals surface area contributed by atoms with Crippen LogP contribution in [-0.2, 0) is 4.79 Å². The quantitative estimate of drug-likeness (QED) is 0.624. The minimum absolute atomic E-state index is 0.153. The van der Waals surface area contributed by atoms with E-state index in [0.717, 1.165) is 25.8 Å². The molecule has 1 unspecified atom stereocenters. The number of hydrogen-bond acceptors (Lipinski definition) is 2. The molecule has 0 radical (unpaired) electrons. The van der Waals surface area contributed by atoms with Crippen LogP contribution in [0.2, 0.25) is 0 Å². The molecular weight excluding hydrogens is 126 g/mol. The second-order valence-electron chi connectivity index (χ2n) is 3.02. The highest BCUT2D eigenvalue weighted by atomic mass is 16.1. The van der Waals surface area contributed by atoms with Crippen LogP contribution in [0.5, 0.6) is 0 Å². The smallest absolute Gasteiger partial charge is 0.149 e. The van der Waals surface area contributed by atoms with E-state index in [-0.39, 0.29) is 5.54 Å². The van der Waals surface area contributed by atoms with Crippen molar-refractivity contribution in [3.63, 3.8) is 0 Å². The zero-order valence-electron chi connectivity index (χ0n) is 6.74. The van der Waals surface area contributed by atoms with Crippen LogP contribution in [0.15, 0.2) is 0 Å². The molecule has 0 aliphatic carbocycles. The molecule has 1 atom stereocenters. The first-order chi connectivity index (χ1) is 4.71. The average Bonchev–Trinajstić information content (AvgIpc) is 2.35. The summed E-state index contributed by atoms with van der Waals surface area (Å²) < 4.78 is 0. The van der Waals surface area contributed by atoms with E-state index < -0.39 is 0 Å². The Bertz CT molecular complexity index is 136. The van der Waals surface area contributed by atoms with Gasteiger partial charge in [-0.2, -0.15) is 0 Å². The Kier molecular flexibility index (Phi) is 2.09. The Morgan fingerprint density at radius 2 is 2.40 bits per heavy atom. The third kappa shape index (κ3) is 1.08. The van der Waals surface area contributed by atoms with Crippen molar-refractivity contribution in [1.29, 1.82) is 0 Å². The van der Waals surface area contributed by atoms with Crippen LogP contribution in [-0.4, -0.2) is 17.9 Å². The van der Waals surface area contributed by atoms with Gasteiger partial charge in [-0.1, -0.05) is 6.92 Å². The topological polar surface area (TPSA) is 29.1 Å². The zero-order chi connectivity index (χ0) is 7.61. The zero-order valence-corrected chi connectivity index (χ0v) is 6.74. The van der Waals surface area contributed by atoms with E-state index in [1.54, 1.807) is 6.92 Å². The van der Waals surface area contributed by atoms with E-state index in [4.69, 9.17) is 0 Å². The third-order valence-corrected chi connectivity index (χ3v) is 2.52. The summed E-state index contributed by atoms with van der Waals surface area (Å²) in [7, 11) is 0. The van der Waals surface area contributed by atoms with Crippen LogP contribution >= 0.6 is 0 Å². The van der Waals surface area contributed by atoms with Crippen LogP contribution in [0, 0.1) is 0 Å². The first kappa shape index (κ1) is 7.73. The van der Waals surface area contributed by atoms with Gasteiger partial charge in [0, 0.05) is 0 Å². The summed E-state index contributed by atoms with van der Waals surface area (Å²) in [5.41, 5.74) is -0.153. The molecular formula is C8H15NO. The van der Waals surface area contributed by atoms with Gasteiger partial charge >= 0.3 is 0 Å². The fourth-order valence-electron chi connectivity index (χ4n) is 1.66. The van der Waals surface area contributed by atoms with Gasteiger partial charge in [0.05, 0.1) is 5.54 Å². The van der Waals surface area contributed by atoms with Gasteiger partial charge in [0.15, 0.2) is 0 Å². The Morgan fingerprint density at radius 1 is 1.70 bits per heavy atom. The molecule has 1 heterocycles. The lowest BCUT2D eigenvalue weighted by Gasteiger charge is -2.24. The number of hydrogen-bond donors (Lipinski definition) is 1. The van der Waals surface area contributed by atoms with Crippen molar-refractivity contribution in [2.24, 2.45) is 0 Å². The lowest BCUT2D eigenvalue weighted by atomic mass is 9.90. The predicted molar refractivity (Wildman–Crippen MR) is 40.9 cm³/mol. The molecule has 0 aromatic carbocycles. The van der Waals surface area contributed by atoms with Crippen LogP contribution in [0.25, 0.3) is 0 Å². The Balaban J connectivity index is 2.67. The van der Waals surface area contributed by atoms with Crippen LogP contribution < -0.4 is 5.32 Å². The Labute approximate surface area is 62.0 Å². The molecule has 0 aromatic heterocycles. The van der Waals surface area contributed by atoms with Crippen molar-refractivity contribution in [3.05, 3.63) is 0 Å². The number of rotatable bonds is 2. The third-order valence-electron chi connectivity index (χ3n) is 2.52. The molecule has 1 rings (SSSR count). The molecule has 2 nitrogen and oxygen atoms in total. The number of nitrogens with one attached hydrogen (secondary N) is 1. The van der Waals surface area contributed by atoms with Gasteiger partial charge < -0.3 is 5.32 Å². The van der Waals surface area contributed by atoms with E-state index in [2.05, 4.69) is 12.2 Å². The summed E-state index contributed by atoms with van der Waals surface area (Å²) >= 11 is 0. The van der Waals surface area contributed by atoms with Crippen LogP contribution in [0.1, 0.15) is 33.1 Å². The number of carbonyl (C=O) groups excluding carboxylic acids is 1. The fourth-order valence-corrected chi connectivity index (χ4v) is 1.66. The summed E-state index contributed by atoms with van der Waals surface area (Å²) in [5, 5.41) is 3.27. The summed E-state index contributed by atoms with van der Waals surface area (Å²) in [6, 6.07) is 0. The highest BCUT2D eigenvalue weighted by Gasteiger charge is 2.35. The average molecular weight is 141 g/mol. The predicted octanol–water partition coefficient (Wildman–Crippen LogP) is 1.11. The van der Waals surface area contributed by atoms with Gasteiger partial charge in [-0.25, -0.2) is 0 Å². The maximum absolute atomic E-state index is 11.1. The molecule has 1 aliphatic rings. The molecule has 2 heteroatoms. The molecule has 0 bridgehead atoms. The minimum Gasteiger partial charge on any atom is -0.305 e. The molecule has 1 saturated heterocycles. The maximum Gasteiger partial charge on any atom is 0.149 e. The number of ketones is 1. The van der Waals surface area contributed by atoms with Crippen molar-refractivity contribution in [1.82, 2.24) is 5.32 Å². The monoisotopic (exact) mass is 141 g/mol. The largest absolute Gasteiger partial charge is 0.305 e. The fraction of sp³-hybridized carbons (Fsp3) is 0.875. The molecule has 1 N–H and O–H groups in total. The van der Waals surface area contributed by atoms with Gasteiger partial charge in [0.1, 0.15) is 5.78 Å². The lowest BCUT2D eigenvalue weighted by molar-refractivity contribution is -0.122. The molecule has 1 fully saturated rings. The molecule has 1 aliphatic heterocycles. The Morgan fingerprint density at radius 3 is 2.60 bits per heavy atom. The van der Waals surface area contributed by atoms with E-state index in [1.165, 1.54) is 0 Å². The molecule has 0 aromatic rings. The van der Waals surface area contributed by atoms with Gasteiger partial charge in [0.25, 0.3) is 0 Å². The Hall–Kier alpha value is -0.370. The summed E-state index contributed by atoms with van der Waals surface area (Å²) in [6.07, 6.45) is 3.11. The van der Waals surface area contributed by atoms with Gasteiger partial charge in [-0.15, -0.1) is 0 Å². The highest BCUT2D eigenvalue weighted by molar-refractivity contribution is 5.86. The van der Waals surface area contributed by atoms with Crippen LogP contribution in [0.4, 0.5) is 0 Å². The van der Waals surface area contributed by atoms with Crippen molar-refractivity contribution < 1.29 is 4.79 Å².